The lowest BCUT2D eigenvalue weighted by atomic mass is 10.2. The molecular formula is C23H23N5O3. The van der Waals surface area contributed by atoms with E-state index in [0.29, 0.717) is 29.3 Å². The maximum Gasteiger partial charge on any atom is 0.250 e. The van der Waals surface area contributed by atoms with Gasteiger partial charge < -0.3 is 18.8 Å². The van der Waals surface area contributed by atoms with Crippen LogP contribution in [0.2, 0.25) is 0 Å². The van der Waals surface area contributed by atoms with Crippen molar-refractivity contribution in [3.8, 4) is 23.1 Å². The van der Waals surface area contributed by atoms with Gasteiger partial charge >= 0.3 is 0 Å². The predicted octanol–water partition coefficient (Wildman–Crippen LogP) is 4.39. The number of pyridine rings is 1. The van der Waals surface area contributed by atoms with Crippen LogP contribution in [0.5, 0.6) is 23.1 Å². The van der Waals surface area contributed by atoms with Gasteiger partial charge in [0, 0.05) is 6.20 Å². The number of nitrogens with zero attached hydrogens (tertiary/aromatic N) is 5. The van der Waals surface area contributed by atoms with Crippen LogP contribution in [0.1, 0.15) is 31.2 Å². The van der Waals surface area contributed by atoms with Crippen molar-refractivity contribution in [3.05, 3.63) is 60.9 Å². The Kier molecular flexibility index (Phi) is 5.35. The van der Waals surface area contributed by atoms with Gasteiger partial charge in [-0.15, -0.1) is 0 Å². The molecule has 3 heterocycles. The number of fused-ring (bicyclic) bond motifs is 1. The average Bonchev–Trinajstić information content (AvgIpc) is 3.46. The zero-order valence-corrected chi connectivity index (χ0v) is 17.3. The number of hydrogen-bond acceptors (Lipinski definition) is 7. The zero-order chi connectivity index (χ0) is 21.0. The Hall–Kier alpha value is -3.68. The van der Waals surface area contributed by atoms with E-state index in [1.807, 2.05) is 28.8 Å². The van der Waals surface area contributed by atoms with Gasteiger partial charge in [0.05, 0.1) is 32.3 Å². The molecule has 4 aromatic rings. The van der Waals surface area contributed by atoms with E-state index < -0.39 is 0 Å². The standard InChI is InChI=1S/C23H23N5O3/c1-29-19-9-8-16(11-20(19)30-17-5-2-3-6-17)13-28-15-27-21-22(28)25-14-26-23(21)31-18-7-4-10-24-12-18/h4,7-12,14-15,17H,2-3,5-6,13H2,1H3. The summed E-state index contributed by atoms with van der Waals surface area (Å²) in [5.41, 5.74) is 2.37. The minimum atomic E-state index is 0.262. The van der Waals surface area contributed by atoms with Crippen LogP contribution in [0.25, 0.3) is 11.2 Å². The van der Waals surface area contributed by atoms with E-state index in [2.05, 4.69) is 19.9 Å². The number of hydrogen-bond donors (Lipinski definition) is 0. The Morgan fingerprint density at radius 1 is 1.06 bits per heavy atom. The van der Waals surface area contributed by atoms with Gasteiger partial charge in [-0.1, -0.05) is 6.07 Å². The fourth-order valence-corrected chi connectivity index (χ4v) is 3.86. The molecule has 0 unspecified atom stereocenters. The SMILES string of the molecule is COc1ccc(Cn2cnc3c(Oc4cccnc4)ncnc32)cc1OC1CCCC1. The van der Waals surface area contributed by atoms with Gasteiger partial charge in [-0.3, -0.25) is 4.98 Å². The third-order valence-corrected chi connectivity index (χ3v) is 5.39. The monoisotopic (exact) mass is 417 g/mol. The first-order valence-electron chi connectivity index (χ1n) is 10.4. The number of imidazole rings is 1. The molecule has 8 nitrogen and oxygen atoms in total. The van der Waals surface area contributed by atoms with Gasteiger partial charge in [0.2, 0.25) is 0 Å². The second-order valence-corrected chi connectivity index (χ2v) is 7.52. The summed E-state index contributed by atoms with van der Waals surface area (Å²) in [7, 11) is 1.67. The minimum absolute atomic E-state index is 0.262. The molecule has 3 aromatic heterocycles. The molecular weight excluding hydrogens is 394 g/mol. The summed E-state index contributed by atoms with van der Waals surface area (Å²) in [6.07, 6.45) is 11.4. The van der Waals surface area contributed by atoms with E-state index in [9.17, 15) is 0 Å². The van der Waals surface area contributed by atoms with Crippen LogP contribution in [0.15, 0.2) is 55.4 Å². The molecule has 1 aliphatic carbocycles. The lowest BCUT2D eigenvalue weighted by molar-refractivity contribution is 0.200. The molecule has 0 atom stereocenters. The third-order valence-electron chi connectivity index (χ3n) is 5.39. The van der Waals surface area contributed by atoms with Crippen molar-refractivity contribution in [2.45, 2.75) is 38.3 Å². The lowest BCUT2D eigenvalue weighted by Crippen LogP contribution is -2.12. The number of rotatable bonds is 7. The summed E-state index contributed by atoms with van der Waals surface area (Å²) < 4.78 is 19.6. The van der Waals surface area contributed by atoms with Crippen molar-refractivity contribution in [2.75, 3.05) is 7.11 Å². The molecule has 0 saturated heterocycles. The second kappa shape index (κ2) is 8.59. The van der Waals surface area contributed by atoms with E-state index in [0.717, 1.165) is 29.9 Å². The molecule has 158 valence electrons. The van der Waals surface area contributed by atoms with Crippen molar-refractivity contribution in [2.24, 2.45) is 0 Å². The van der Waals surface area contributed by atoms with Crippen LogP contribution in [0.3, 0.4) is 0 Å². The first-order chi connectivity index (χ1) is 15.3. The van der Waals surface area contributed by atoms with Crippen LogP contribution < -0.4 is 14.2 Å². The summed E-state index contributed by atoms with van der Waals surface area (Å²) >= 11 is 0. The van der Waals surface area contributed by atoms with E-state index in [4.69, 9.17) is 14.2 Å². The van der Waals surface area contributed by atoms with Gasteiger partial charge in [0.15, 0.2) is 22.7 Å². The molecule has 0 spiro atoms. The van der Waals surface area contributed by atoms with Crippen molar-refractivity contribution in [1.82, 2.24) is 24.5 Å². The zero-order valence-electron chi connectivity index (χ0n) is 17.3. The van der Waals surface area contributed by atoms with Gasteiger partial charge in [0.1, 0.15) is 12.1 Å². The first kappa shape index (κ1) is 19.3. The molecule has 0 aliphatic heterocycles. The molecule has 5 rings (SSSR count). The highest BCUT2D eigenvalue weighted by atomic mass is 16.5. The number of aromatic nitrogens is 5. The highest BCUT2D eigenvalue weighted by Crippen LogP contribution is 2.33. The van der Waals surface area contributed by atoms with E-state index in [1.165, 1.54) is 19.2 Å². The maximum atomic E-state index is 6.23. The molecule has 1 aliphatic rings. The molecule has 0 amide bonds. The van der Waals surface area contributed by atoms with Gasteiger partial charge in [-0.05, 0) is 55.5 Å². The summed E-state index contributed by atoms with van der Waals surface area (Å²) in [5, 5.41) is 0. The Bertz CT molecular complexity index is 1170. The fraction of sp³-hybridized carbons (Fsp3) is 0.304. The highest BCUT2D eigenvalue weighted by Gasteiger charge is 2.19. The quantitative estimate of drug-likeness (QED) is 0.441. The summed E-state index contributed by atoms with van der Waals surface area (Å²) in [5.74, 6) is 2.53. The van der Waals surface area contributed by atoms with Gasteiger partial charge in [-0.25, -0.2) is 9.97 Å². The molecule has 1 fully saturated rings. The molecule has 31 heavy (non-hydrogen) atoms. The van der Waals surface area contributed by atoms with Crippen LogP contribution in [0.4, 0.5) is 0 Å². The second-order valence-electron chi connectivity index (χ2n) is 7.52. The fourth-order valence-electron chi connectivity index (χ4n) is 3.86. The molecule has 8 heteroatoms. The van der Waals surface area contributed by atoms with E-state index >= 15 is 0 Å². The van der Waals surface area contributed by atoms with Gasteiger partial charge in [-0.2, -0.15) is 4.98 Å². The Morgan fingerprint density at radius 2 is 1.97 bits per heavy atom. The van der Waals surface area contributed by atoms with Crippen molar-refractivity contribution >= 4 is 11.2 Å². The van der Waals surface area contributed by atoms with Crippen LogP contribution in [-0.2, 0) is 6.54 Å². The van der Waals surface area contributed by atoms with Crippen LogP contribution in [-0.4, -0.2) is 37.7 Å². The number of ether oxygens (including phenoxy) is 3. The summed E-state index contributed by atoms with van der Waals surface area (Å²) in [4.78, 5) is 17.2. The van der Waals surface area contributed by atoms with E-state index in [1.54, 1.807) is 31.9 Å². The number of methoxy groups -OCH3 is 1. The molecule has 0 bridgehead atoms. The summed E-state index contributed by atoms with van der Waals surface area (Å²) in [6.45, 7) is 0.588. The van der Waals surface area contributed by atoms with Crippen LogP contribution >= 0.6 is 0 Å². The molecule has 1 saturated carbocycles. The van der Waals surface area contributed by atoms with Crippen molar-refractivity contribution < 1.29 is 14.2 Å². The molecule has 0 radical (unpaired) electrons. The molecule has 1 aromatic carbocycles. The Labute approximate surface area is 179 Å². The van der Waals surface area contributed by atoms with Crippen molar-refractivity contribution in [3.63, 3.8) is 0 Å². The Balaban J connectivity index is 1.41. The van der Waals surface area contributed by atoms with Crippen molar-refractivity contribution in [1.29, 1.82) is 0 Å². The van der Waals surface area contributed by atoms with Gasteiger partial charge in [0.25, 0.3) is 5.88 Å². The third kappa shape index (κ3) is 4.14. The van der Waals surface area contributed by atoms with E-state index in [-0.39, 0.29) is 6.10 Å². The maximum absolute atomic E-state index is 6.23. The topological polar surface area (TPSA) is 84.2 Å². The largest absolute Gasteiger partial charge is 0.493 e. The predicted molar refractivity (Wildman–Crippen MR) is 115 cm³/mol. The lowest BCUT2D eigenvalue weighted by Gasteiger charge is -2.17. The minimum Gasteiger partial charge on any atom is -0.493 e. The highest BCUT2D eigenvalue weighted by molar-refractivity contribution is 5.76. The first-order valence-corrected chi connectivity index (χ1v) is 10.4. The Morgan fingerprint density at radius 3 is 2.77 bits per heavy atom. The summed E-state index contributed by atoms with van der Waals surface area (Å²) in [6, 6.07) is 9.64. The average molecular weight is 417 g/mol. The molecule has 0 N–H and O–H groups in total. The smallest absolute Gasteiger partial charge is 0.250 e. The number of benzene rings is 1. The normalized spacial score (nSPS) is 14.1. The van der Waals surface area contributed by atoms with Crippen LogP contribution in [0, 0.1) is 0 Å².